The Hall–Kier alpha value is -0.220. The number of unbranched alkanes of at least 4 members (excludes halogenated alkanes) is 2. The third kappa shape index (κ3) is 4.81. The molecule has 3 nitrogen and oxygen atoms in total. The minimum absolute atomic E-state index is 0.203. The number of hydrogen-bond donors (Lipinski definition) is 2. The second-order valence-corrected chi connectivity index (χ2v) is 6.34. The molecule has 1 aliphatic rings. The Balaban J connectivity index is 2.21. The van der Waals surface area contributed by atoms with Crippen LogP contribution < -0.4 is 11.1 Å². The van der Waals surface area contributed by atoms with Gasteiger partial charge in [0.15, 0.2) is 0 Å². The summed E-state index contributed by atoms with van der Waals surface area (Å²) in [7, 11) is 0. The number of carbonyl (C=O) groups excluding carboxylic acids is 1. The van der Waals surface area contributed by atoms with E-state index in [0.717, 1.165) is 38.6 Å². The van der Waals surface area contributed by atoms with Crippen molar-refractivity contribution in [2.75, 3.05) is 25.1 Å². The van der Waals surface area contributed by atoms with Crippen LogP contribution in [0.1, 0.15) is 51.4 Å². The van der Waals surface area contributed by atoms with Gasteiger partial charge < -0.3 is 11.1 Å². The molecule has 0 spiro atoms. The average Bonchev–Trinajstić information content (AvgIpc) is 2.43. The predicted octanol–water partition coefficient (Wildman–Crippen LogP) is 2.55. The van der Waals surface area contributed by atoms with Crippen LogP contribution >= 0.6 is 11.8 Å². The molecule has 0 aromatic heterocycles. The molecule has 0 aromatic rings. The highest BCUT2D eigenvalue weighted by Crippen LogP contribution is 2.35. The first kappa shape index (κ1) is 15.8. The molecule has 1 aliphatic carbocycles. The summed E-state index contributed by atoms with van der Waals surface area (Å²) in [5.74, 6) is 1.43. The minimum atomic E-state index is -0.252. The summed E-state index contributed by atoms with van der Waals surface area (Å²) in [5, 5.41) is 3.10. The molecular formula is C14H28N2OS. The number of thioether (sulfide) groups is 1. The number of amides is 1. The molecule has 4 heteroatoms. The Morgan fingerprint density at radius 3 is 2.56 bits per heavy atom. The van der Waals surface area contributed by atoms with Gasteiger partial charge in [-0.15, -0.1) is 0 Å². The summed E-state index contributed by atoms with van der Waals surface area (Å²) in [4.78, 5) is 12.2. The van der Waals surface area contributed by atoms with Gasteiger partial charge in [-0.2, -0.15) is 11.8 Å². The largest absolute Gasteiger partial charge is 0.356 e. The molecule has 0 aliphatic heterocycles. The zero-order chi connectivity index (χ0) is 13.3. The van der Waals surface area contributed by atoms with Crippen molar-refractivity contribution in [3.8, 4) is 0 Å². The van der Waals surface area contributed by atoms with Crippen LogP contribution in [0.3, 0.4) is 0 Å². The van der Waals surface area contributed by atoms with E-state index in [2.05, 4.69) is 11.6 Å². The van der Waals surface area contributed by atoms with Gasteiger partial charge in [-0.3, -0.25) is 4.79 Å². The summed E-state index contributed by atoms with van der Waals surface area (Å²) in [5.41, 5.74) is 5.59. The fourth-order valence-corrected chi connectivity index (χ4v) is 3.18. The molecular weight excluding hydrogens is 244 g/mol. The molecule has 1 amide bonds. The van der Waals surface area contributed by atoms with Crippen LogP contribution in [-0.4, -0.2) is 31.0 Å². The van der Waals surface area contributed by atoms with Crippen molar-refractivity contribution in [3.05, 3.63) is 0 Å². The molecule has 1 fully saturated rings. The molecule has 1 rings (SSSR count). The van der Waals surface area contributed by atoms with Crippen molar-refractivity contribution < 1.29 is 4.79 Å². The van der Waals surface area contributed by atoms with Crippen molar-refractivity contribution >= 4 is 17.7 Å². The smallest absolute Gasteiger partial charge is 0.227 e. The summed E-state index contributed by atoms with van der Waals surface area (Å²) in [6, 6.07) is 0. The first-order chi connectivity index (χ1) is 8.75. The molecule has 18 heavy (non-hydrogen) atoms. The van der Waals surface area contributed by atoms with Gasteiger partial charge in [0.2, 0.25) is 5.91 Å². The van der Waals surface area contributed by atoms with Crippen LogP contribution in [0, 0.1) is 5.41 Å². The Kier molecular flexibility index (Phi) is 7.75. The van der Waals surface area contributed by atoms with Crippen LogP contribution in [0.4, 0.5) is 0 Å². The normalized spacial score (nSPS) is 18.6. The summed E-state index contributed by atoms with van der Waals surface area (Å²) in [6.07, 6.45) is 11.2. The van der Waals surface area contributed by atoms with E-state index < -0.39 is 0 Å². The average molecular weight is 272 g/mol. The molecule has 0 aromatic carbocycles. The Morgan fingerprint density at radius 2 is 1.94 bits per heavy atom. The molecule has 0 saturated heterocycles. The van der Waals surface area contributed by atoms with Crippen LogP contribution in [-0.2, 0) is 4.79 Å². The fourth-order valence-electron chi connectivity index (χ4n) is 2.69. The Labute approximate surface area is 116 Å². The molecule has 1 saturated carbocycles. The number of nitrogens with two attached hydrogens (primary N) is 1. The molecule has 106 valence electrons. The van der Waals surface area contributed by atoms with Crippen molar-refractivity contribution in [1.82, 2.24) is 5.32 Å². The summed E-state index contributed by atoms with van der Waals surface area (Å²) >= 11 is 1.89. The van der Waals surface area contributed by atoms with Gasteiger partial charge in [0.25, 0.3) is 0 Å². The Bertz CT molecular complexity index is 240. The second-order valence-electron chi connectivity index (χ2n) is 5.35. The monoisotopic (exact) mass is 272 g/mol. The third-order valence-electron chi connectivity index (χ3n) is 3.99. The van der Waals surface area contributed by atoms with Gasteiger partial charge >= 0.3 is 0 Å². The first-order valence-corrected chi connectivity index (χ1v) is 8.62. The topological polar surface area (TPSA) is 55.1 Å². The van der Waals surface area contributed by atoms with E-state index in [1.807, 2.05) is 11.8 Å². The van der Waals surface area contributed by atoms with E-state index in [4.69, 9.17) is 5.73 Å². The van der Waals surface area contributed by atoms with Gasteiger partial charge in [0.1, 0.15) is 0 Å². The lowest BCUT2D eigenvalue weighted by molar-refractivity contribution is -0.132. The first-order valence-electron chi connectivity index (χ1n) is 7.22. The summed E-state index contributed by atoms with van der Waals surface area (Å²) in [6.45, 7) is 1.32. The standard InChI is InChI=1S/C14H28N2OS/c1-18-11-7-3-6-10-16-13(17)14(12-15)8-4-2-5-9-14/h2-12,15H2,1H3,(H,16,17). The molecule has 0 radical (unpaired) electrons. The quantitative estimate of drug-likeness (QED) is 0.668. The minimum Gasteiger partial charge on any atom is -0.356 e. The maximum absolute atomic E-state index is 12.2. The zero-order valence-electron chi connectivity index (χ0n) is 11.7. The lowest BCUT2D eigenvalue weighted by atomic mass is 9.73. The Morgan fingerprint density at radius 1 is 1.22 bits per heavy atom. The SMILES string of the molecule is CSCCCCCNC(=O)C1(CN)CCCCC1. The zero-order valence-corrected chi connectivity index (χ0v) is 12.5. The van der Waals surface area contributed by atoms with E-state index >= 15 is 0 Å². The summed E-state index contributed by atoms with van der Waals surface area (Å²) < 4.78 is 0. The van der Waals surface area contributed by atoms with Gasteiger partial charge in [-0.05, 0) is 37.7 Å². The molecule has 0 unspecified atom stereocenters. The van der Waals surface area contributed by atoms with Crippen LogP contribution in [0.15, 0.2) is 0 Å². The van der Waals surface area contributed by atoms with Gasteiger partial charge in [0.05, 0.1) is 5.41 Å². The fraction of sp³-hybridized carbons (Fsp3) is 0.929. The van der Waals surface area contributed by atoms with E-state index in [-0.39, 0.29) is 11.3 Å². The predicted molar refractivity (Wildman–Crippen MR) is 79.8 cm³/mol. The van der Waals surface area contributed by atoms with E-state index in [1.54, 1.807) is 0 Å². The van der Waals surface area contributed by atoms with Crippen LogP contribution in [0.5, 0.6) is 0 Å². The van der Waals surface area contributed by atoms with Crippen molar-refractivity contribution in [3.63, 3.8) is 0 Å². The van der Waals surface area contributed by atoms with Crippen molar-refractivity contribution in [2.45, 2.75) is 51.4 Å². The molecule has 0 bridgehead atoms. The molecule has 0 atom stereocenters. The highest BCUT2D eigenvalue weighted by atomic mass is 32.2. The van der Waals surface area contributed by atoms with Gasteiger partial charge in [0, 0.05) is 13.1 Å². The van der Waals surface area contributed by atoms with Crippen LogP contribution in [0.25, 0.3) is 0 Å². The van der Waals surface area contributed by atoms with Crippen molar-refractivity contribution in [1.29, 1.82) is 0 Å². The number of carbonyl (C=O) groups is 1. The van der Waals surface area contributed by atoms with E-state index in [0.29, 0.717) is 6.54 Å². The highest BCUT2D eigenvalue weighted by molar-refractivity contribution is 7.98. The molecule has 3 N–H and O–H groups in total. The van der Waals surface area contributed by atoms with E-state index in [1.165, 1.54) is 25.0 Å². The second kappa shape index (κ2) is 8.81. The number of rotatable bonds is 8. The van der Waals surface area contributed by atoms with E-state index in [9.17, 15) is 4.79 Å². The van der Waals surface area contributed by atoms with Crippen molar-refractivity contribution in [2.24, 2.45) is 11.1 Å². The highest BCUT2D eigenvalue weighted by Gasteiger charge is 2.37. The maximum Gasteiger partial charge on any atom is 0.227 e. The van der Waals surface area contributed by atoms with Gasteiger partial charge in [-0.25, -0.2) is 0 Å². The lowest BCUT2D eigenvalue weighted by Gasteiger charge is -2.34. The lowest BCUT2D eigenvalue weighted by Crippen LogP contribution is -2.47. The number of nitrogens with one attached hydrogen (secondary N) is 1. The van der Waals surface area contributed by atoms with Gasteiger partial charge in [-0.1, -0.05) is 25.7 Å². The maximum atomic E-state index is 12.2. The molecule has 0 heterocycles. The van der Waals surface area contributed by atoms with Crippen LogP contribution in [0.2, 0.25) is 0 Å². The number of hydrogen-bond acceptors (Lipinski definition) is 3. The third-order valence-corrected chi connectivity index (χ3v) is 4.69.